The third-order valence-electron chi connectivity index (χ3n) is 3.05. The van der Waals surface area contributed by atoms with Crippen molar-refractivity contribution in [2.24, 2.45) is 0 Å². The molecule has 0 saturated carbocycles. The van der Waals surface area contributed by atoms with Crippen molar-refractivity contribution < 1.29 is 9.53 Å². The first-order valence-corrected chi connectivity index (χ1v) is 6.50. The first kappa shape index (κ1) is 13.4. The highest BCUT2D eigenvalue weighted by Gasteiger charge is 2.29. The van der Waals surface area contributed by atoms with E-state index in [9.17, 15) is 4.79 Å². The summed E-state index contributed by atoms with van der Waals surface area (Å²) >= 11 is 5.82. The molecule has 1 saturated heterocycles. The van der Waals surface area contributed by atoms with Crippen molar-refractivity contribution in [1.29, 1.82) is 0 Å². The smallest absolute Gasteiger partial charge is 0.227 e. The molecule has 0 radical (unpaired) electrons. The molecule has 3 nitrogen and oxygen atoms in total. The number of hydrogen-bond donors (Lipinski definition) is 0. The second-order valence-electron chi connectivity index (χ2n) is 5.23. The number of halogens is 1. The molecular formula is C14H18ClNO2. The lowest BCUT2D eigenvalue weighted by Gasteiger charge is -2.38. The highest BCUT2D eigenvalue weighted by atomic mass is 35.5. The molecule has 0 bridgehead atoms. The molecule has 2 rings (SSSR count). The van der Waals surface area contributed by atoms with Gasteiger partial charge in [-0.1, -0.05) is 23.7 Å². The van der Waals surface area contributed by atoms with Crippen LogP contribution < -0.4 is 0 Å². The van der Waals surface area contributed by atoms with E-state index in [4.69, 9.17) is 16.3 Å². The van der Waals surface area contributed by atoms with Gasteiger partial charge in [0.1, 0.15) is 0 Å². The normalized spacial score (nSPS) is 18.7. The van der Waals surface area contributed by atoms with E-state index in [1.807, 2.05) is 43.0 Å². The molecular weight excluding hydrogens is 250 g/mol. The Bertz CT molecular complexity index is 428. The number of carbonyl (C=O) groups excluding carboxylic acids is 1. The van der Waals surface area contributed by atoms with Crippen molar-refractivity contribution in [2.45, 2.75) is 25.9 Å². The van der Waals surface area contributed by atoms with Crippen LogP contribution in [0.5, 0.6) is 0 Å². The number of morpholine rings is 1. The molecule has 0 N–H and O–H groups in total. The molecule has 18 heavy (non-hydrogen) atoms. The Hall–Kier alpha value is -1.06. The Morgan fingerprint density at radius 2 is 2.06 bits per heavy atom. The molecule has 4 heteroatoms. The summed E-state index contributed by atoms with van der Waals surface area (Å²) in [7, 11) is 0. The van der Waals surface area contributed by atoms with Crippen molar-refractivity contribution in [3.05, 3.63) is 34.9 Å². The maximum atomic E-state index is 12.2. The van der Waals surface area contributed by atoms with Gasteiger partial charge in [-0.3, -0.25) is 4.79 Å². The SMILES string of the molecule is CC1(C)CN(C(=O)Cc2ccc(Cl)cc2)CCO1. The first-order chi connectivity index (χ1) is 8.46. The highest BCUT2D eigenvalue weighted by Crippen LogP contribution is 2.18. The summed E-state index contributed by atoms with van der Waals surface area (Å²) in [5.41, 5.74) is 0.752. The summed E-state index contributed by atoms with van der Waals surface area (Å²) in [6, 6.07) is 7.42. The zero-order chi connectivity index (χ0) is 13.2. The lowest BCUT2D eigenvalue weighted by molar-refractivity contribution is -0.145. The van der Waals surface area contributed by atoms with E-state index in [2.05, 4.69) is 0 Å². The van der Waals surface area contributed by atoms with Crippen LogP contribution in [0.25, 0.3) is 0 Å². The second-order valence-corrected chi connectivity index (χ2v) is 5.66. The van der Waals surface area contributed by atoms with Crippen LogP contribution in [0, 0.1) is 0 Å². The molecule has 1 fully saturated rings. The molecule has 0 unspecified atom stereocenters. The minimum absolute atomic E-state index is 0.147. The van der Waals surface area contributed by atoms with Gasteiger partial charge < -0.3 is 9.64 Å². The van der Waals surface area contributed by atoms with Crippen LogP contribution in [-0.2, 0) is 16.0 Å². The highest BCUT2D eigenvalue weighted by molar-refractivity contribution is 6.30. The molecule has 1 aliphatic heterocycles. The number of hydrogen-bond acceptors (Lipinski definition) is 2. The number of ether oxygens (including phenoxy) is 1. The Morgan fingerprint density at radius 1 is 1.39 bits per heavy atom. The van der Waals surface area contributed by atoms with Gasteiger partial charge in [-0.25, -0.2) is 0 Å². The lowest BCUT2D eigenvalue weighted by atomic mass is 10.1. The number of nitrogens with zero attached hydrogens (tertiary/aromatic N) is 1. The number of benzene rings is 1. The molecule has 1 aromatic rings. The fourth-order valence-electron chi connectivity index (χ4n) is 2.12. The minimum Gasteiger partial charge on any atom is -0.372 e. The zero-order valence-electron chi connectivity index (χ0n) is 10.8. The van der Waals surface area contributed by atoms with Crippen LogP contribution in [-0.4, -0.2) is 36.1 Å². The standard InChI is InChI=1S/C14H18ClNO2/c1-14(2)10-16(7-8-18-14)13(17)9-11-3-5-12(15)6-4-11/h3-6H,7-10H2,1-2H3. The summed E-state index contributed by atoms with van der Waals surface area (Å²) in [5.74, 6) is 0.147. The number of carbonyl (C=O) groups is 1. The van der Waals surface area contributed by atoms with Gasteiger partial charge in [0.05, 0.1) is 18.6 Å². The predicted molar refractivity (Wildman–Crippen MR) is 71.8 cm³/mol. The molecule has 0 aromatic heterocycles. The number of rotatable bonds is 2. The van der Waals surface area contributed by atoms with E-state index >= 15 is 0 Å². The largest absolute Gasteiger partial charge is 0.372 e. The topological polar surface area (TPSA) is 29.5 Å². The molecule has 1 aliphatic rings. The van der Waals surface area contributed by atoms with Gasteiger partial charge in [0.25, 0.3) is 0 Å². The van der Waals surface area contributed by atoms with E-state index in [0.717, 1.165) is 5.56 Å². The van der Waals surface area contributed by atoms with Gasteiger partial charge in [0.15, 0.2) is 0 Å². The van der Waals surface area contributed by atoms with Crippen LogP contribution >= 0.6 is 11.6 Å². The Balaban J connectivity index is 1.97. The Kier molecular flexibility index (Phi) is 3.93. The van der Waals surface area contributed by atoms with Crippen molar-refractivity contribution in [3.63, 3.8) is 0 Å². The molecule has 0 atom stereocenters. The molecule has 98 valence electrons. The summed E-state index contributed by atoms with van der Waals surface area (Å²) in [6.45, 7) is 5.96. The van der Waals surface area contributed by atoms with E-state index in [1.165, 1.54) is 0 Å². The minimum atomic E-state index is -0.242. The van der Waals surface area contributed by atoms with Crippen molar-refractivity contribution >= 4 is 17.5 Å². The van der Waals surface area contributed by atoms with Crippen molar-refractivity contribution in [1.82, 2.24) is 4.90 Å². The summed E-state index contributed by atoms with van der Waals surface area (Å²) in [6.07, 6.45) is 0.424. The van der Waals surface area contributed by atoms with Crippen LogP contribution in [0.3, 0.4) is 0 Å². The Labute approximate surface area is 113 Å². The molecule has 0 spiro atoms. The van der Waals surface area contributed by atoms with Gasteiger partial charge >= 0.3 is 0 Å². The predicted octanol–water partition coefficient (Wildman–Crippen LogP) is 2.52. The average molecular weight is 268 g/mol. The average Bonchev–Trinajstić information content (AvgIpc) is 2.31. The maximum Gasteiger partial charge on any atom is 0.227 e. The quantitative estimate of drug-likeness (QED) is 0.824. The van der Waals surface area contributed by atoms with Gasteiger partial charge in [0, 0.05) is 18.1 Å². The Morgan fingerprint density at radius 3 is 2.67 bits per heavy atom. The fraction of sp³-hybridized carbons (Fsp3) is 0.500. The molecule has 1 heterocycles. The number of amides is 1. The van der Waals surface area contributed by atoms with E-state index in [0.29, 0.717) is 31.1 Å². The fourth-order valence-corrected chi connectivity index (χ4v) is 2.24. The summed E-state index contributed by atoms with van der Waals surface area (Å²) in [5, 5.41) is 0.693. The van der Waals surface area contributed by atoms with Crippen LogP contribution in [0.15, 0.2) is 24.3 Å². The first-order valence-electron chi connectivity index (χ1n) is 6.12. The maximum absolute atomic E-state index is 12.2. The van der Waals surface area contributed by atoms with E-state index in [1.54, 1.807) is 0 Å². The van der Waals surface area contributed by atoms with Gasteiger partial charge in [-0.2, -0.15) is 0 Å². The van der Waals surface area contributed by atoms with E-state index < -0.39 is 0 Å². The van der Waals surface area contributed by atoms with Crippen LogP contribution in [0.2, 0.25) is 5.02 Å². The third kappa shape index (κ3) is 3.47. The summed E-state index contributed by atoms with van der Waals surface area (Å²) in [4.78, 5) is 14.1. The molecule has 1 aromatic carbocycles. The van der Waals surface area contributed by atoms with Gasteiger partial charge in [-0.05, 0) is 31.5 Å². The van der Waals surface area contributed by atoms with Crippen LogP contribution in [0.1, 0.15) is 19.4 Å². The second kappa shape index (κ2) is 5.29. The lowest BCUT2D eigenvalue weighted by Crippen LogP contribution is -2.51. The van der Waals surface area contributed by atoms with Crippen molar-refractivity contribution in [2.75, 3.05) is 19.7 Å². The third-order valence-corrected chi connectivity index (χ3v) is 3.30. The molecule has 0 aliphatic carbocycles. The van der Waals surface area contributed by atoms with Crippen LogP contribution in [0.4, 0.5) is 0 Å². The summed E-state index contributed by atoms with van der Waals surface area (Å²) < 4.78 is 5.60. The van der Waals surface area contributed by atoms with Gasteiger partial charge in [-0.15, -0.1) is 0 Å². The monoisotopic (exact) mass is 267 g/mol. The van der Waals surface area contributed by atoms with Crippen molar-refractivity contribution in [3.8, 4) is 0 Å². The van der Waals surface area contributed by atoms with Gasteiger partial charge in [0.2, 0.25) is 5.91 Å². The van der Waals surface area contributed by atoms with E-state index in [-0.39, 0.29) is 11.5 Å². The zero-order valence-corrected chi connectivity index (χ0v) is 11.5. The molecule has 1 amide bonds.